The molecule has 45 heavy (non-hydrogen) atoms. The number of carbonyl (C=O) groups is 4. The zero-order valence-corrected chi connectivity index (χ0v) is 25.2. The van der Waals surface area contributed by atoms with Crippen molar-refractivity contribution >= 4 is 57.7 Å². The van der Waals surface area contributed by atoms with Gasteiger partial charge in [0.05, 0.1) is 29.5 Å². The van der Waals surface area contributed by atoms with E-state index in [1.807, 2.05) is 60.0 Å². The molecular weight excluding hydrogens is 615 g/mol. The number of thiazole rings is 1. The number of hydrogen-bond acceptors (Lipinski definition) is 8. The van der Waals surface area contributed by atoms with Gasteiger partial charge in [-0.15, -0.1) is 23.1 Å². The third-order valence-electron chi connectivity index (χ3n) is 6.55. The third-order valence-corrected chi connectivity index (χ3v) is 8.55. The van der Waals surface area contributed by atoms with Crippen LogP contribution in [-0.4, -0.2) is 46.1 Å². The normalized spacial score (nSPS) is 11.3. The molecule has 0 aliphatic heterocycles. The SMILES string of the molecule is COc1ccccc1-c1csc(NC(=O)C(Sc2cccc(NC(=O)c3ccc(C(=O)O)cc3C(=O)O)c2)c2ccccc2)n1. The van der Waals surface area contributed by atoms with Crippen molar-refractivity contribution in [1.29, 1.82) is 0 Å². The molecule has 2 amide bonds. The van der Waals surface area contributed by atoms with Gasteiger partial charge in [0.25, 0.3) is 5.91 Å². The molecule has 12 heteroatoms. The molecule has 0 bridgehead atoms. The lowest BCUT2D eigenvalue weighted by molar-refractivity contribution is -0.115. The van der Waals surface area contributed by atoms with Gasteiger partial charge in [0.15, 0.2) is 5.13 Å². The van der Waals surface area contributed by atoms with Crippen molar-refractivity contribution in [1.82, 2.24) is 4.98 Å². The second-order valence-corrected chi connectivity index (χ2v) is 11.5. The predicted molar refractivity (Wildman–Crippen MR) is 173 cm³/mol. The lowest BCUT2D eigenvalue weighted by Crippen LogP contribution is -2.19. The highest BCUT2D eigenvalue weighted by molar-refractivity contribution is 8.00. The molecule has 4 N–H and O–H groups in total. The number of carboxylic acids is 2. The summed E-state index contributed by atoms with van der Waals surface area (Å²) in [5, 5.41) is 25.9. The summed E-state index contributed by atoms with van der Waals surface area (Å²) < 4.78 is 5.44. The molecule has 5 rings (SSSR count). The Balaban J connectivity index is 1.36. The number of nitrogens with one attached hydrogen (secondary N) is 2. The van der Waals surface area contributed by atoms with Crippen LogP contribution in [0.15, 0.2) is 107 Å². The Morgan fingerprint density at radius 1 is 0.822 bits per heavy atom. The molecule has 1 unspecified atom stereocenters. The fraction of sp³-hybridized carbons (Fsp3) is 0.0606. The molecule has 1 atom stereocenters. The van der Waals surface area contributed by atoms with Crippen LogP contribution >= 0.6 is 23.1 Å². The molecule has 0 spiro atoms. The lowest BCUT2D eigenvalue weighted by atomic mass is 10.0. The Bertz CT molecular complexity index is 1890. The van der Waals surface area contributed by atoms with Crippen LogP contribution in [0.4, 0.5) is 10.8 Å². The summed E-state index contributed by atoms with van der Waals surface area (Å²) in [5.74, 6) is -3.09. The van der Waals surface area contributed by atoms with Crippen LogP contribution in [0, 0.1) is 0 Å². The summed E-state index contributed by atoms with van der Waals surface area (Å²) in [6, 6.07) is 26.8. The fourth-order valence-electron chi connectivity index (χ4n) is 4.42. The number of rotatable bonds is 11. The van der Waals surface area contributed by atoms with E-state index in [0.717, 1.165) is 23.3 Å². The third kappa shape index (κ3) is 7.37. The highest BCUT2D eigenvalue weighted by atomic mass is 32.2. The second kappa shape index (κ2) is 13.9. The van der Waals surface area contributed by atoms with Crippen LogP contribution in [0.25, 0.3) is 11.3 Å². The van der Waals surface area contributed by atoms with E-state index in [-0.39, 0.29) is 17.0 Å². The van der Waals surface area contributed by atoms with Crippen LogP contribution in [0.3, 0.4) is 0 Å². The zero-order valence-electron chi connectivity index (χ0n) is 23.6. The van der Waals surface area contributed by atoms with E-state index >= 15 is 0 Å². The first-order valence-corrected chi connectivity index (χ1v) is 15.1. The highest BCUT2D eigenvalue weighted by Gasteiger charge is 2.24. The van der Waals surface area contributed by atoms with Crippen molar-refractivity contribution in [2.75, 3.05) is 17.7 Å². The fourth-order valence-corrected chi connectivity index (χ4v) is 6.21. The molecular formula is C33H25N3O7S2. The van der Waals surface area contributed by atoms with Gasteiger partial charge in [0.2, 0.25) is 5.91 Å². The van der Waals surface area contributed by atoms with Crippen LogP contribution in [0.2, 0.25) is 0 Å². The molecule has 0 saturated heterocycles. The summed E-state index contributed by atoms with van der Waals surface area (Å²) in [5.41, 5.74) is 1.71. The minimum Gasteiger partial charge on any atom is -0.496 e. The predicted octanol–water partition coefficient (Wildman–Crippen LogP) is 6.94. The number of hydrogen-bond donors (Lipinski definition) is 4. The van der Waals surface area contributed by atoms with Gasteiger partial charge in [0.1, 0.15) is 11.0 Å². The van der Waals surface area contributed by atoms with E-state index in [4.69, 9.17) is 4.74 Å². The molecule has 4 aromatic carbocycles. The van der Waals surface area contributed by atoms with Crippen molar-refractivity contribution < 1.29 is 34.1 Å². The number of carbonyl (C=O) groups excluding carboxylic acids is 2. The maximum atomic E-state index is 13.7. The number of amides is 2. The van der Waals surface area contributed by atoms with Crippen molar-refractivity contribution in [3.8, 4) is 17.0 Å². The molecule has 0 aliphatic rings. The maximum absolute atomic E-state index is 13.7. The van der Waals surface area contributed by atoms with Gasteiger partial charge in [-0.3, -0.25) is 9.59 Å². The topological polar surface area (TPSA) is 155 Å². The van der Waals surface area contributed by atoms with Gasteiger partial charge in [-0.1, -0.05) is 48.5 Å². The molecule has 1 aromatic heterocycles. The smallest absolute Gasteiger partial charge is 0.336 e. The van der Waals surface area contributed by atoms with Gasteiger partial charge in [-0.2, -0.15) is 0 Å². The summed E-state index contributed by atoms with van der Waals surface area (Å²) in [7, 11) is 1.59. The summed E-state index contributed by atoms with van der Waals surface area (Å²) in [6.07, 6.45) is 0. The molecule has 0 radical (unpaired) electrons. The number of anilines is 2. The van der Waals surface area contributed by atoms with E-state index in [0.29, 0.717) is 27.2 Å². The van der Waals surface area contributed by atoms with Crippen LogP contribution in [0.1, 0.15) is 41.9 Å². The number of methoxy groups -OCH3 is 1. The number of nitrogens with zero attached hydrogens (tertiary/aromatic N) is 1. The van der Waals surface area contributed by atoms with E-state index in [2.05, 4.69) is 15.6 Å². The molecule has 10 nitrogen and oxygen atoms in total. The quantitative estimate of drug-likeness (QED) is 0.113. The number of thioether (sulfide) groups is 1. The molecule has 0 fully saturated rings. The zero-order chi connectivity index (χ0) is 31.9. The van der Waals surface area contributed by atoms with Crippen LogP contribution in [0.5, 0.6) is 5.75 Å². The number of aromatic nitrogens is 1. The Morgan fingerprint density at radius 2 is 1.58 bits per heavy atom. The van der Waals surface area contributed by atoms with Gasteiger partial charge in [-0.05, 0) is 54.1 Å². The number of aromatic carboxylic acids is 2. The first-order chi connectivity index (χ1) is 21.7. The molecule has 0 aliphatic carbocycles. The van der Waals surface area contributed by atoms with Gasteiger partial charge in [-0.25, -0.2) is 14.6 Å². The van der Waals surface area contributed by atoms with Crippen molar-refractivity contribution in [3.05, 3.63) is 125 Å². The average molecular weight is 640 g/mol. The Hall–Kier alpha value is -5.46. The molecule has 0 saturated carbocycles. The highest BCUT2D eigenvalue weighted by Crippen LogP contribution is 2.38. The molecule has 1 heterocycles. The van der Waals surface area contributed by atoms with E-state index in [9.17, 15) is 29.4 Å². The van der Waals surface area contributed by atoms with Crippen molar-refractivity contribution in [2.24, 2.45) is 0 Å². The summed E-state index contributed by atoms with van der Waals surface area (Å²) in [4.78, 5) is 54.9. The maximum Gasteiger partial charge on any atom is 0.336 e. The van der Waals surface area contributed by atoms with Crippen LogP contribution < -0.4 is 15.4 Å². The standard InChI is InChI=1S/C33H25N3O7S2/c1-43-27-13-6-5-12-24(27)26-18-44-33(35-26)36-30(38)28(19-8-3-2-4-9-19)45-22-11-7-10-21(17-22)34-29(37)23-15-14-20(31(39)40)16-25(23)32(41)42/h2-18,28H,1H3,(H,34,37)(H,39,40)(H,41,42)(H,35,36,38). The minimum absolute atomic E-state index is 0.192. The van der Waals surface area contributed by atoms with Gasteiger partial charge in [0, 0.05) is 21.5 Å². The Morgan fingerprint density at radius 3 is 2.31 bits per heavy atom. The van der Waals surface area contributed by atoms with E-state index in [1.54, 1.807) is 31.4 Å². The van der Waals surface area contributed by atoms with Gasteiger partial charge >= 0.3 is 11.9 Å². The van der Waals surface area contributed by atoms with Crippen molar-refractivity contribution in [2.45, 2.75) is 10.1 Å². The largest absolute Gasteiger partial charge is 0.496 e. The minimum atomic E-state index is -1.43. The summed E-state index contributed by atoms with van der Waals surface area (Å²) in [6.45, 7) is 0. The number of para-hydroxylation sites is 1. The number of benzene rings is 4. The van der Waals surface area contributed by atoms with Gasteiger partial charge < -0.3 is 25.6 Å². The summed E-state index contributed by atoms with van der Waals surface area (Å²) >= 11 is 2.56. The first-order valence-electron chi connectivity index (χ1n) is 13.4. The average Bonchev–Trinajstić information content (AvgIpc) is 3.51. The Labute approximate surface area is 265 Å². The lowest BCUT2D eigenvalue weighted by Gasteiger charge is -2.17. The number of ether oxygens (including phenoxy) is 1. The molecule has 226 valence electrons. The number of carboxylic acid groups (broad SMARTS) is 2. The van der Waals surface area contributed by atoms with Crippen LogP contribution in [-0.2, 0) is 4.79 Å². The van der Waals surface area contributed by atoms with E-state index in [1.165, 1.54) is 29.2 Å². The monoisotopic (exact) mass is 639 g/mol. The first kappa shape index (κ1) is 31.0. The Kier molecular flexibility index (Phi) is 9.56. The molecule has 5 aromatic rings. The van der Waals surface area contributed by atoms with E-state index < -0.39 is 28.7 Å². The van der Waals surface area contributed by atoms with Crippen molar-refractivity contribution in [3.63, 3.8) is 0 Å². The second-order valence-electron chi connectivity index (χ2n) is 9.49.